The molecular weight excluding hydrogens is 599 g/mol. The fourth-order valence-corrected chi connectivity index (χ4v) is 6.84. The zero-order valence-corrected chi connectivity index (χ0v) is 26.6. The number of rotatable bonds is 10. The van der Waals surface area contributed by atoms with E-state index in [0.29, 0.717) is 47.7 Å². The zero-order valence-electron chi connectivity index (χ0n) is 26.6. The molecule has 9 nitrogen and oxygen atoms in total. The molecule has 0 bridgehead atoms. The highest BCUT2D eigenvalue weighted by Crippen LogP contribution is 2.41. The fraction of sp³-hybridized carbons (Fsp3) is 0.351. The molecule has 2 saturated carbocycles. The maximum atomic E-state index is 13.8. The van der Waals surface area contributed by atoms with Gasteiger partial charge in [-0.25, -0.2) is 9.18 Å². The fourth-order valence-electron chi connectivity index (χ4n) is 6.84. The number of carbonyl (C=O) groups excluding carboxylic acids is 2. The minimum absolute atomic E-state index is 0.286. The Morgan fingerprint density at radius 1 is 1.06 bits per heavy atom. The Morgan fingerprint density at radius 2 is 1.85 bits per heavy atom. The van der Waals surface area contributed by atoms with E-state index in [1.165, 1.54) is 24.8 Å². The number of hydrogen-bond donors (Lipinski definition) is 3. The van der Waals surface area contributed by atoms with E-state index in [2.05, 4.69) is 20.2 Å². The van der Waals surface area contributed by atoms with Crippen molar-refractivity contribution in [3.05, 3.63) is 83.3 Å². The molecule has 3 N–H and O–H groups in total. The minimum atomic E-state index is -1.08. The van der Waals surface area contributed by atoms with Gasteiger partial charge in [0.1, 0.15) is 17.1 Å². The predicted molar refractivity (Wildman–Crippen MR) is 179 cm³/mol. The summed E-state index contributed by atoms with van der Waals surface area (Å²) in [5.41, 5.74) is 4.06. The van der Waals surface area contributed by atoms with Gasteiger partial charge in [0.15, 0.2) is 0 Å². The van der Waals surface area contributed by atoms with Crippen molar-refractivity contribution < 1.29 is 28.6 Å². The number of nitrogens with one attached hydrogen (secondary N) is 2. The van der Waals surface area contributed by atoms with Gasteiger partial charge in [0.2, 0.25) is 5.91 Å². The first-order valence-corrected chi connectivity index (χ1v) is 16.3. The average Bonchev–Trinajstić information content (AvgIpc) is 3.34. The number of aromatic nitrogens is 2. The lowest BCUT2D eigenvalue weighted by Gasteiger charge is -2.40. The van der Waals surface area contributed by atoms with Crippen LogP contribution in [0.15, 0.2) is 60.8 Å². The summed E-state index contributed by atoms with van der Waals surface area (Å²) < 4.78 is 21.8. The molecule has 10 heteroatoms. The second kappa shape index (κ2) is 13.4. The van der Waals surface area contributed by atoms with Crippen LogP contribution in [0.5, 0.6) is 5.75 Å². The lowest BCUT2D eigenvalue weighted by Crippen LogP contribution is -2.61. The van der Waals surface area contributed by atoms with Gasteiger partial charge in [0.25, 0.3) is 5.91 Å². The summed E-state index contributed by atoms with van der Waals surface area (Å²) in [6.07, 6.45) is 11.1. The second-order valence-electron chi connectivity index (χ2n) is 12.4. The summed E-state index contributed by atoms with van der Waals surface area (Å²) in [6.45, 7) is 4.20. The Kier molecular flexibility index (Phi) is 9.11. The number of nitrogens with zero attached hydrogens (tertiary/aromatic N) is 2. The Labute approximate surface area is 272 Å². The van der Waals surface area contributed by atoms with Crippen LogP contribution >= 0.6 is 0 Å². The first-order valence-electron chi connectivity index (χ1n) is 16.3. The van der Waals surface area contributed by atoms with Gasteiger partial charge < -0.3 is 25.0 Å². The Bertz CT molecular complexity index is 1850. The molecule has 2 aliphatic rings. The van der Waals surface area contributed by atoms with Crippen LogP contribution in [0, 0.1) is 12.7 Å². The van der Waals surface area contributed by atoms with Gasteiger partial charge in [-0.2, -0.15) is 0 Å². The smallest absolute Gasteiger partial charge is 0.328 e. The first-order chi connectivity index (χ1) is 22.7. The predicted octanol–water partition coefficient (Wildman–Crippen LogP) is 7.44. The van der Waals surface area contributed by atoms with Crippen molar-refractivity contribution in [3.63, 3.8) is 0 Å². The monoisotopic (exact) mass is 638 g/mol. The van der Waals surface area contributed by atoms with Crippen LogP contribution in [0.2, 0.25) is 0 Å². The van der Waals surface area contributed by atoms with Crippen LogP contribution in [0.3, 0.4) is 0 Å². The van der Waals surface area contributed by atoms with E-state index in [9.17, 15) is 18.8 Å². The molecule has 2 aromatic carbocycles. The third-order valence-corrected chi connectivity index (χ3v) is 9.40. The van der Waals surface area contributed by atoms with E-state index in [0.717, 1.165) is 60.3 Å². The maximum absolute atomic E-state index is 13.8. The van der Waals surface area contributed by atoms with Crippen molar-refractivity contribution in [2.75, 3.05) is 11.9 Å². The van der Waals surface area contributed by atoms with Crippen LogP contribution < -0.4 is 15.4 Å². The van der Waals surface area contributed by atoms with Gasteiger partial charge in [-0.15, -0.1) is 0 Å². The lowest BCUT2D eigenvalue weighted by atomic mass is 9.75. The van der Waals surface area contributed by atoms with E-state index in [1.54, 1.807) is 30.3 Å². The number of pyridine rings is 1. The Balaban J connectivity index is 1.27. The molecule has 2 aliphatic carbocycles. The average molecular weight is 639 g/mol. The maximum Gasteiger partial charge on any atom is 0.328 e. The van der Waals surface area contributed by atoms with Gasteiger partial charge in [-0.3, -0.25) is 14.6 Å². The quantitative estimate of drug-likeness (QED) is 0.155. The summed E-state index contributed by atoms with van der Waals surface area (Å²) in [7, 11) is 0. The van der Waals surface area contributed by atoms with E-state index < -0.39 is 11.5 Å². The SMILES string of the molecule is CCOc1cc(NC(=O)C2(NC(=O)c3ccc4c(c3)c(C)c(-c3ccc(F)cn3)n4C3CCCCC3)CCC2)ccc1/C=C/C(=O)O. The molecule has 0 atom stereocenters. The standard InChI is InChI=1S/C37H39FN4O5/c1-3-47-32-21-27(14-10-24(32)12-17-33(43)44)40-36(46)37(18-7-19-37)41-35(45)25-11-16-31-29(20-25)23(2)34(30-15-13-26(38)22-39-30)42(31)28-8-5-4-6-9-28/h10-17,20-22,28H,3-9,18-19H2,1-2H3,(H,40,46)(H,41,45)(H,43,44)/b17-12+. The molecule has 0 aliphatic heterocycles. The van der Waals surface area contributed by atoms with Gasteiger partial charge >= 0.3 is 5.97 Å². The van der Waals surface area contributed by atoms with Crippen molar-refractivity contribution in [1.82, 2.24) is 14.9 Å². The number of benzene rings is 2. The number of carbonyl (C=O) groups is 3. The van der Waals surface area contributed by atoms with E-state index in [-0.39, 0.29) is 23.7 Å². The molecule has 47 heavy (non-hydrogen) atoms. The number of fused-ring (bicyclic) bond motifs is 1. The number of aliphatic carboxylic acids is 1. The third-order valence-electron chi connectivity index (χ3n) is 9.40. The van der Waals surface area contributed by atoms with Crippen molar-refractivity contribution in [1.29, 1.82) is 0 Å². The van der Waals surface area contributed by atoms with Crippen LogP contribution in [0.25, 0.3) is 28.4 Å². The highest BCUT2D eigenvalue weighted by atomic mass is 19.1. The van der Waals surface area contributed by atoms with E-state index in [1.807, 2.05) is 26.0 Å². The molecule has 0 spiro atoms. The number of anilines is 1. The summed E-state index contributed by atoms with van der Waals surface area (Å²) in [5.74, 6) is -1.68. The molecule has 2 amide bonds. The lowest BCUT2D eigenvalue weighted by molar-refractivity contribution is -0.131. The Hall–Kier alpha value is -4.99. The number of amides is 2. The highest BCUT2D eigenvalue weighted by molar-refractivity contribution is 6.06. The minimum Gasteiger partial charge on any atom is -0.493 e. The largest absolute Gasteiger partial charge is 0.493 e. The number of carboxylic acid groups (broad SMARTS) is 1. The molecule has 244 valence electrons. The van der Waals surface area contributed by atoms with E-state index in [4.69, 9.17) is 9.84 Å². The van der Waals surface area contributed by atoms with Gasteiger partial charge in [-0.1, -0.05) is 19.3 Å². The molecule has 0 unspecified atom stereocenters. The molecule has 2 fully saturated rings. The molecule has 6 rings (SSSR count). The molecule has 0 saturated heterocycles. The van der Waals surface area contributed by atoms with Crippen molar-refractivity contribution in [2.24, 2.45) is 0 Å². The van der Waals surface area contributed by atoms with Crippen LogP contribution in [0.4, 0.5) is 10.1 Å². The number of halogens is 1. The molecule has 0 radical (unpaired) electrons. The Morgan fingerprint density at radius 3 is 2.51 bits per heavy atom. The molecule has 4 aromatic rings. The summed E-state index contributed by atoms with van der Waals surface area (Å²) in [5, 5.41) is 15.9. The summed E-state index contributed by atoms with van der Waals surface area (Å²) in [6, 6.07) is 14.1. The molecule has 2 heterocycles. The normalized spacial score (nSPS) is 16.1. The van der Waals surface area contributed by atoms with Gasteiger partial charge in [0.05, 0.1) is 24.2 Å². The second-order valence-corrected chi connectivity index (χ2v) is 12.4. The van der Waals surface area contributed by atoms with Gasteiger partial charge in [-0.05, 0) is 100 Å². The molecule has 2 aromatic heterocycles. The van der Waals surface area contributed by atoms with Crippen LogP contribution in [0.1, 0.15) is 85.8 Å². The molecular formula is C37H39FN4O5. The highest BCUT2D eigenvalue weighted by Gasteiger charge is 2.45. The van der Waals surface area contributed by atoms with Crippen molar-refractivity contribution in [2.45, 2.75) is 76.8 Å². The number of aryl methyl sites for hydroxylation is 1. The number of carboxylic acids is 1. The zero-order chi connectivity index (χ0) is 33.1. The van der Waals surface area contributed by atoms with E-state index >= 15 is 0 Å². The van der Waals surface area contributed by atoms with Crippen molar-refractivity contribution >= 4 is 40.4 Å². The van der Waals surface area contributed by atoms with Crippen LogP contribution in [-0.2, 0) is 9.59 Å². The number of ether oxygens (including phenoxy) is 1. The third kappa shape index (κ3) is 6.50. The van der Waals surface area contributed by atoms with Crippen LogP contribution in [-0.4, -0.2) is 44.6 Å². The topological polar surface area (TPSA) is 123 Å². The summed E-state index contributed by atoms with van der Waals surface area (Å²) in [4.78, 5) is 42.8. The summed E-state index contributed by atoms with van der Waals surface area (Å²) >= 11 is 0. The first kappa shape index (κ1) is 32.0. The van der Waals surface area contributed by atoms with Gasteiger partial charge in [0, 0.05) is 45.9 Å². The number of hydrogen-bond acceptors (Lipinski definition) is 5. The van der Waals surface area contributed by atoms with Crippen molar-refractivity contribution in [3.8, 4) is 17.1 Å².